The second kappa shape index (κ2) is 7.57. The lowest BCUT2D eigenvalue weighted by molar-refractivity contribution is -0.393. The molecule has 106 valence electrons. The van der Waals surface area contributed by atoms with Gasteiger partial charge in [0.15, 0.2) is 5.02 Å². The highest BCUT2D eigenvalue weighted by molar-refractivity contribution is 6.34. The zero-order valence-electron chi connectivity index (χ0n) is 10.5. The van der Waals surface area contributed by atoms with Gasteiger partial charge in [0.05, 0.1) is 21.5 Å². The molecule has 0 saturated carbocycles. The summed E-state index contributed by atoms with van der Waals surface area (Å²) in [7, 11) is 0. The van der Waals surface area contributed by atoms with Crippen LogP contribution in [0.5, 0.6) is 0 Å². The van der Waals surface area contributed by atoms with Crippen molar-refractivity contribution in [3.8, 4) is 6.07 Å². The van der Waals surface area contributed by atoms with E-state index in [9.17, 15) is 20.2 Å². The van der Waals surface area contributed by atoms with E-state index in [1.165, 1.54) is 6.07 Å². The van der Waals surface area contributed by atoms with E-state index < -0.39 is 26.2 Å². The molecule has 0 aliphatic rings. The van der Waals surface area contributed by atoms with Crippen molar-refractivity contribution in [1.82, 2.24) is 0 Å². The second-order valence-electron chi connectivity index (χ2n) is 3.60. The van der Waals surface area contributed by atoms with Crippen LogP contribution in [0.4, 0.5) is 11.4 Å². The first-order valence-corrected chi connectivity index (χ1v) is 5.87. The first-order valence-electron chi connectivity index (χ1n) is 5.49. The molecule has 2 rings (SSSR count). The fourth-order valence-corrected chi connectivity index (χ4v) is 1.57. The summed E-state index contributed by atoms with van der Waals surface area (Å²) in [6.07, 6.45) is 0. The fraction of sp³-hybridized carbons (Fsp3) is 0. The Bertz CT molecular complexity index is 666. The number of nitrogens with zero attached hydrogens (tertiary/aromatic N) is 3. The van der Waals surface area contributed by atoms with E-state index >= 15 is 0 Å². The highest BCUT2D eigenvalue weighted by Gasteiger charge is 2.22. The van der Waals surface area contributed by atoms with Crippen molar-refractivity contribution in [2.24, 2.45) is 0 Å². The van der Waals surface area contributed by atoms with Crippen LogP contribution >= 0.6 is 11.6 Å². The molecule has 0 atom stereocenters. The van der Waals surface area contributed by atoms with Gasteiger partial charge < -0.3 is 0 Å². The number of rotatable bonds is 2. The third-order valence-electron chi connectivity index (χ3n) is 2.25. The van der Waals surface area contributed by atoms with Gasteiger partial charge in [0, 0.05) is 12.1 Å². The van der Waals surface area contributed by atoms with Gasteiger partial charge in [0.2, 0.25) is 0 Å². The Morgan fingerprint density at radius 2 is 1.38 bits per heavy atom. The third kappa shape index (κ3) is 4.56. The minimum absolute atomic E-state index is 0.447. The number of halogens is 1. The third-order valence-corrected chi connectivity index (χ3v) is 2.64. The summed E-state index contributed by atoms with van der Waals surface area (Å²) < 4.78 is 0. The van der Waals surface area contributed by atoms with Gasteiger partial charge in [-0.25, -0.2) is 0 Å². The summed E-state index contributed by atoms with van der Waals surface area (Å²) in [5.41, 5.74) is -0.209. The molecule has 8 heteroatoms. The number of hydrogen-bond donors (Lipinski definition) is 0. The van der Waals surface area contributed by atoms with Crippen LogP contribution in [0.2, 0.25) is 5.02 Å². The van der Waals surface area contributed by atoms with Gasteiger partial charge in [0.25, 0.3) is 11.4 Å². The summed E-state index contributed by atoms with van der Waals surface area (Å²) in [5, 5.41) is 28.4. The number of nitro benzene ring substituents is 2. The largest absolute Gasteiger partial charge is 0.294 e. The maximum atomic E-state index is 10.3. The molecule has 0 saturated heterocycles. The van der Waals surface area contributed by atoms with Crippen molar-refractivity contribution >= 4 is 23.0 Å². The monoisotopic (exact) mass is 305 g/mol. The average Bonchev–Trinajstić information content (AvgIpc) is 2.48. The van der Waals surface area contributed by atoms with Crippen LogP contribution in [0, 0.1) is 31.6 Å². The van der Waals surface area contributed by atoms with Crippen LogP contribution in [0.15, 0.2) is 48.5 Å². The van der Waals surface area contributed by atoms with E-state index in [1.807, 2.05) is 24.3 Å². The van der Waals surface area contributed by atoms with Crippen molar-refractivity contribution in [2.45, 2.75) is 0 Å². The second-order valence-corrected chi connectivity index (χ2v) is 3.98. The molecule has 0 spiro atoms. The Kier molecular flexibility index (Phi) is 5.80. The van der Waals surface area contributed by atoms with Crippen LogP contribution < -0.4 is 0 Å². The molecular weight excluding hydrogens is 298 g/mol. The molecule has 0 aliphatic carbocycles. The van der Waals surface area contributed by atoms with Crippen molar-refractivity contribution < 1.29 is 9.85 Å². The number of nitro groups is 2. The minimum Gasteiger partial charge on any atom is -0.258 e. The molecule has 2 aromatic carbocycles. The summed E-state index contributed by atoms with van der Waals surface area (Å²) in [6, 6.07) is 14.6. The van der Waals surface area contributed by atoms with Crippen LogP contribution in [-0.4, -0.2) is 9.85 Å². The van der Waals surface area contributed by atoms with Crippen LogP contribution in [-0.2, 0) is 0 Å². The van der Waals surface area contributed by atoms with Gasteiger partial charge in [-0.15, -0.1) is 0 Å². The lowest BCUT2D eigenvalue weighted by Crippen LogP contribution is -1.93. The standard InChI is InChI=1S/C7H5N.C6H3ClN2O4/c8-6-7-4-2-1-3-5-7;7-6-4(8(10)11)2-1-3-5(6)9(12)13/h1-5H;1-3H. The van der Waals surface area contributed by atoms with Gasteiger partial charge in [-0.1, -0.05) is 29.8 Å². The molecule has 0 bridgehead atoms. The van der Waals surface area contributed by atoms with Gasteiger partial charge in [0.1, 0.15) is 0 Å². The van der Waals surface area contributed by atoms with Gasteiger partial charge in [-0.2, -0.15) is 5.26 Å². The van der Waals surface area contributed by atoms with E-state index in [-0.39, 0.29) is 0 Å². The van der Waals surface area contributed by atoms with E-state index in [0.717, 1.165) is 12.1 Å². The molecule has 0 fully saturated rings. The van der Waals surface area contributed by atoms with E-state index in [0.29, 0.717) is 5.56 Å². The average molecular weight is 306 g/mol. The Morgan fingerprint density at radius 1 is 0.905 bits per heavy atom. The number of hydrogen-bond acceptors (Lipinski definition) is 5. The maximum Gasteiger partial charge on any atom is 0.294 e. The van der Waals surface area contributed by atoms with Gasteiger partial charge in [-0.3, -0.25) is 20.2 Å². The summed E-state index contributed by atoms with van der Waals surface area (Å²) in [4.78, 5) is 19.1. The molecule has 2 aromatic rings. The Balaban J connectivity index is 0.000000235. The first kappa shape index (κ1) is 16.1. The minimum atomic E-state index is -0.769. The molecule has 21 heavy (non-hydrogen) atoms. The molecule has 0 aromatic heterocycles. The Hall–Kier alpha value is -2.98. The van der Waals surface area contributed by atoms with Crippen LogP contribution in [0.3, 0.4) is 0 Å². The zero-order valence-corrected chi connectivity index (χ0v) is 11.2. The fourth-order valence-electron chi connectivity index (χ4n) is 1.30. The lowest BCUT2D eigenvalue weighted by atomic mass is 10.2. The molecule has 0 radical (unpaired) electrons. The molecular formula is C13H8ClN3O4. The van der Waals surface area contributed by atoms with E-state index in [4.69, 9.17) is 16.9 Å². The molecule has 0 N–H and O–H groups in total. The first-order chi connectivity index (χ1) is 9.97. The normalized spacial score (nSPS) is 8.95. The van der Waals surface area contributed by atoms with Gasteiger partial charge >= 0.3 is 0 Å². The van der Waals surface area contributed by atoms with Gasteiger partial charge in [-0.05, 0) is 18.2 Å². The smallest absolute Gasteiger partial charge is 0.258 e. The van der Waals surface area contributed by atoms with E-state index in [1.54, 1.807) is 12.1 Å². The van der Waals surface area contributed by atoms with Crippen LogP contribution in [0.1, 0.15) is 5.56 Å². The molecule has 0 heterocycles. The molecule has 0 amide bonds. The lowest BCUT2D eigenvalue weighted by Gasteiger charge is -1.95. The number of benzene rings is 2. The summed E-state index contributed by atoms with van der Waals surface area (Å²) >= 11 is 5.42. The van der Waals surface area contributed by atoms with Crippen molar-refractivity contribution in [3.05, 3.63) is 79.3 Å². The zero-order chi connectivity index (χ0) is 15.8. The SMILES string of the molecule is N#Cc1ccccc1.O=[N+]([O-])c1cccc([N+](=O)[O-])c1Cl. The topological polar surface area (TPSA) is 110 Å². The highest BCUT2D eigenvalue weighted by atomic mass is 35.5. The Morgan fingerprint density at radius 3 is 1.71 bits per heavy atom. The van der Waals surface area contributed by atoms with E-state index in [2.05, 4.69) is 0 Å². The van der Waals surface area contributed by atoms with Crippen molar-refractivity contribution in [2.75, 3.05) is 0 Å². The molecule has 7 nitrogen and oxygen atoms in total. The predicted octanol–water partition coefficient (Wildman–Crippen LogP) is 3.71. The summed E-state index contributed by atoms with van der Waals surface area (Å²) in [6.45, 7) is 0. The van der Waals surface area contributed by atoms with Crippen LogP contribution in [0.25, 0.3) is 0 Å². The quantitative estimate of drug-likeness (QED) is 0.620. The number of nitriles is 1. The predicted molar refractivity (Wildman–Crippen MR) is 75.9 cm³/mol. The van der Waals surface area contributed by atoms with Crippen molar-refractivity contribution in [3.63, 3.8) is 0 Å². The van der Waals surface area contributed by atoms with Crippen molar-refractivity contribution in [1.29, 1.82) is 5.26 Å². The highest BCUT2D eigenvalue weighted by Crippen LogP contribution is 2.32. The molecule has 0 unspecified atom stereocenters. The maximum absolute atomic E-state index is 10.3. The summed E-state index contributed by atoms with van der Waals surface area (Å²) in [5.74, 6) is 0. The Labute approximate surface area is 124 Å². The molecule has 0 aliphatic heterocycles.